The van der Waals surface area contributed by atoms with Crippen molar-refractivity contribution in [2.24, 2.45) is 0 Å². The van der Waals surface area contributed by atoms with E-state index in [1.165, 1.54) is 0 Å². The summed E-state index contributed by atoms with van der Waals surface area (Å²) in [6.07, 6.45) is 2.59. The van der Waals surface area contributed by atoms with Crippen LogP contribution in [0.5, 0.6) is 0 Å². The lowest BCUT2D eigenvalue weighted by Gasteiger charge is -2.05. The van der Waals surface area contributed by atoms with Gasteiger partial charge in [-0.05, 0) is 26.2 Å². The summed E-state index contributed by atoms with van der Waals surface area (Å²) >= 11 is 0. The number of aliphatic hydroxyl groups is 1. The summed E-state index contributed by atoms with van der Waals surface area (Å²) in [5.41, 5.74) is 0. The van der Waals surface area contributed by atoms with Gasteiger partial charge in [0, 0.05) is 13.2 Å². The molecule has 0 bridgehead atoms. The fourth-order valence-electron chi connectivity index (χ4n) is 0.947. The zero-order valence-corrected chi connectivity index (χ0v) is 8.79. The van der Waals surface area contributed by atoms with E-state index in [9.17, 15) is 0 Å². The second kappa shape index (κ2) is 9.96. The Kier molecular flexibility index (Phi) is 9.87. The zero-order valence-electron chi connectivity index (χ0n) is 8.79. The lowest BCUT2D eigenvalue weighted by Crippen LogP contribution is -2.07. The summed E-state index contributed by atoms with van der Waals surface area (Å²) in [4.78, 5) is 0. The van der Waals surface area contributed by atoms with Gasteiger partial charge in [0.15, 0.2) is 0 Å². The number of hydrogen-bond donors (Lipinski definition) is 1. The molecule has 80 valence electrons. The average molecular weight is 190 g/mol. The van der Waals surface area contributed by atoms with Crippen LogP contribution >= 0.6 is 0 Å². The van der Waals surface area contributed by atoms with Crippen LogP contribution in [0.15, 0.2) is 0 Å². The van der Waals surface area contributed by atoms with Gasteiger partial charge >= 0.3 is 0 Å². The maximum absolute atomic E-state index is 8.94. The molecule has 0 spiro atoms. The third-order valence-electron chi connectivity index (χ3n) is 1.63. The van der Waals surface area contributed by atoms with Crippen LogP contribution in [0.1, 0.15) is 33.1 Å². The normalized spacial score (nSPS) is 13.2. The third-order valence-corrected chi connectivity index (χ3v) is 1.63. The van der Waals surface area contributed by atoms with E-state index in [1.807, 2.05) is 0 Å². The maximum atomic E-state index is 8.94. The van der Waals surface area contributed by atoms with Crippen molar-refractivity contribution in [2.75, 3.05) is 26.4 Å². The van der Waals surface area contributed by atoms with Crippen LogP contribution in [0.3, 0.4) is 0 Å². The van der Waals surface area contributed by atoms with Gasteiger partial charge in [-0.15, -0.1) is 0 Å². The molecule has 0 aromatic carbocycles. The molecule has 0 aromatic rings. The first kappa shape index (κ1) is 12.9. The molecule has 0 saturated carbocycles. The van der Waals surface area contributed by atoms with Crippen molar-refractivity contribution >= 4 is 0 Å². The number of rotatable bonds is 9. The Morgan fingerprint density at radius 2 is 1.69 bits per heavy atom. The van der Waals surface area contributed by atoms with Crippen molar-refractivity contribution in [1.82, 2.24) is 0 Å². The number of hydrogen-bond acceptors (Lipinski definition) is 3. The van der Waals surface area contributed by atoms with E-state index in [1.54, 1.807) is 6.92 Å². The molecule has 0 amide bonds. The molecule has 0 saturated heterocycles. The lowest BCUT2D eigenvalue weighted by atomic mass is 10.2. The number of aliphatic hydroxyl groups excluding tert-OH is 1. The minimum atomic E-state index is -0.208. The van der Waals surface area contributed by atoms with Crippen LogP contribution in [0.2, 0.25) is 0 Å². The molecule has 3 heteroatoms. The van der Waals surface area contributed by atoms with Crippen LogP contribution < -0.4 is 0 Å². The van der Waals surface area contributed by atoms with Crippen molar-refractivity contribution in [3.05, 3.63) is 0 Å². The topological polar surface area (TPSA) is 38.7 Å². The first-order valence-electron chi connectivity index (χ1n) is 5.11. The molecular weight excluding hydrogens is 168 g/mol. The summed E-state index contributed by atoms with van der Waals surface area (Å²) in [7, 11) is 0. The summed E-state index contributed by atoms with van der Waals surface area (Å²) < 4.78 is 10.5. The van der Waals surface area contributed by atoms with E-state index in [2.05, 4.69) is 6.92 Å². The molecule has 0 fully saturated rings. The highest BCUT2D eigenvalue weighted by Crippen LogP contribution is 1.95. The van der Waals surface area contributed by atoms with Gasteiger partial charge in [0.25, 0.3) is 0 Å². The Bertz CT molecular complexity index is 94.2. The van der Waals surface area contributed by atoms with Gasteiger partial charge in [0.2, 0.25) is 0 Å². The highest BCUT2D eigenvalue weighted by Gasteiger charge is 1.95. The predicted octanol–water partition coefficient (Wildman–Crippen LogP) is 1.59. The Hall–Kier alpha value is -0.120. The first-order chi connectivity index (χ1) is 6.27. The quantitative estimate of drug-likeness (QED) is 0.561. The van der Waals surface area contributed by atoms with Crippen LogP contribution in [0, 0.1) is 0 Å². The van der Waals surface area contributed by atoms with E-state index in [4.69, 9.17) is 14.6 Å². The van der Waals surface area contributed by atoms with Crippen molar-refractivity contribution in [1.29, 1.82) is 0 Å². The highest BCUT2D eigenvalue weighted by molar-refractivity contribution is 4.45. The minimum absolute atomic E-state index is 0.208. The van der Waals surface area contributed by atoms with Gasteiger partial charge in [-0.3, -0.25) is 0 Å². The van der Waals surface area contributed by atoms with Crippen LogP contribution in [0.4, 0.5) is 0 Å². The van der Waals surface area contributed by atoms with E-state index >= 15 is 0 Å². The molecule has 3 nitrogen and oxygen atoms in total. The van der Waals surface area contributed by atoms with Crippen LogP contribution in [-0.4, -0.2) is 37.6 Å². The van der Waals surface area contributed by atoms with Gasteiger partial charge in [-0.25, -0.2) is 0 Å². The second-order valence-electron chi connectivity index (χ2n) is 3.22. The Morgan fingerprint density at radius 3 is 2.23 bits per heavy atom. The molecule has 0 aliphatic heterocycles. The second-order valence-corrected chi connectivity index (χ2v) is 3.22. The van der Waals surface area contributed by atoms with E-state index in [-0.39, 0.29) is 6.10 Å². The largest absolute Gasteiger partial charge is 0.393 e. The molecule has 0 radical (unpaired) electrons. The van der Waals surface area contributed by atoms with Gasteiger partial charge in [-0.2, -0.15) is 0 Å². The smallest absolute Gasteiger partial charge is 0.0700 e. The molecule has 0 aliphatic carbocycles. The highest BCUT2D eigenvalue weighted by atomic mass is 16.5. The fraction of sp³-hybridized carbons (Fsp3) is 1.00. The molecule has 1 atom stereocenters. The third kappa shape index (κ3) is 11.9. The average Bonchev–Trinajstić information content (AvgIpc) is 2.09. The van der Waals surface area contributed by atoms with Crippen molar-refractivity contribution < 1.29 is 14.6 Å². The van der Waals surface area contributed by atoms with Gasteiger partial charge in [-0.1, -0.05) is 6.92 Å². The Labute approximate surface area is 81.0 Å². The first-order valence-corrected chi connectivity index (χ1v) is 5.11. The molecule has 1 N–H and O–H groups in total. The summed E-state index contributed by atoms with van der Waals surface area (Å²) in [5, 5.41) is 8.94. The lowest BCUT2D eigenvalue weighted by molar-refractivity contribution is 0.0432. The van der Waals surface area contributed by atoms with Crippen molar-refractivity contribution in [2.45, 2.75) is 39.2 Å². The van der Waals surface area contributed by atoms with Gasteiger partial charge in [0.05, 0.1) is 19.3 Å². The van der Waals surface area contributed by atoms with Crippen molar-refractivity contribution in [3.63, 3.8) is 0 Å². The predicted molar refractivity (Wildman–Crippen MR) is 52.8 cm³/mol. The molecule has 1 unspecified atom stereocenters. The summed E-state index contributed by atoms with van der Waals surface area (Å²) in [5.74, 6) is 0. The zero-order chi connectivity index (χ0) is 9.94. The SMILES string of the molecule is CCCOCCOCCCC(C)O. The molecule has 0 aromatic heterocycles. The summed E-state index contributed by atoms with van der Waals surface area (Å²) in [6.45, 7) is 6.77. The maximum Gasteiger partial charge on any atom is 0.0700 e. The fourth-order valence-corrected chi connectivity index (χ4v) is 0.947. The van der Waals surface area contributed by atoms with Crippen molar-refractivity contribution in [3.8, 4) is 0 Å². The molecule has 13 heavy (non-hydrogen) atoms. The van der Waals surface area contributed by atoms with Gasteiger partial charge < -0.3 is 14.6 Å². The van der Waals surface area contributed by atoms with E-state index < -0.39 is 0 Å². The molecule has 0 aliphatic rings. The minimum Gasteiger partial charge on any atom is -0.393 e. The molecule has 0 rings (SSSR count). The Morgan fingerprint density at radius 1 is 1.08 bits per heavy atom. The summed E-state index contributed by atoms with van der Waals surface area (Å²) in [6, 6.07) is 0. The van der Waals surface area contributed by atoms with Crippen LogP contribution in [-0.2, 0) is 9.47 Å². The standard InChI is InChI=1S/C10H22O3/c1-3-6-12-8-9-13-7-4-5-10(2)11/h10-11H,3-9H2,1-2H3. The monoisotopic (exact) mass is 190 g/mol. The number of ether oxygens (including phenoxy) is 2. The van der Waals surface area contributed by atoms with E-state index in [0.717, 1.165) is 32.5 Å². The van der Waals surface area contributed by atoms with Crippen LogP contribution in [0.25, 0.3) is 0 Å². The Balaban J connectivity index is 2.84. The molecular formula is C10H22O3. The van der Waals surface area contributed by atoms with Gasteiger partial charge in [0.1, 0.15) is 0 Å². The molecule has 0 heterocycles. The van der Waals surface area contributed by atoms with E-state index in [0.29, 0.717) is 13.2 Å².